The Morgan fingerprint density at radius 3 is 2.67 bits per heavy atom. The summed E-state index contributed by atoms with van der Waals surface area (Å²) in [6, 6.07) is 2.05. The molecule has 98 valence electrons. The largest absolute Gasteiger partial charge is 0.349 e. The first kappa shape index (κ1) is 12.6. The Labute approximate surface area is 107 Å². The van der Waals surface area contributed by atoms with E-state index in [1.54, 1.807) is 0 Å². The molecule has 1 N–H and O–H groups in total. The molecule has 0 saturated heterocycles. The van der Waals surface area contributed by atoms with Gasteiger partial charge in [-0.3, -0.25) is 5.10 Å². The molecule has 2 aromatic rings. The third kappa shape index (κ3) is 2.37. The number of hydrogen-bond acceptors (Lipinski definition) is 4. The zero-order valence-electron chi connectivity index (χ0n) is 11.4. The van der Waals surface area contributed by atoms with Crippen molar-refractivity contribution >= 4 is 5.82 Å². The average Bonchev–Trinajstić information content (AvgIpc) is 2.93. The minimum atomic E-state index is 0.785. The molecular weight excluding hydrogens is 228 g/mol. The van der Waals surface area contributed by atoms with Crippen molar-refractivity contribution in [3.05, 3.63) is 23.1 Å². The van der Waals surface area contributed by atoms with Crippen LogP contribution in [-0.2, 0) is 13.1 Å². The molecule has 6 heteroatoms. The van der Waals surface area contributed by atoms with Crippen molar-refractivity contribution in [2.75, 3.05) is 11.4 Å². The van der Waals surface area contributed by atoms with E-state index >= 15 is 0 Å². The van der Waals surface area contributed by atoms with Crippen LogP contribution < -0.4 is 4.90 Å². The molecule has 0 aliphatic heterocycles. The number of hydrogen-bond donors (Lipinski definition) is 1. The maximum atomic E-state index is 4.30. The first-order valence-electron chi connectivity index (χ1n) is 6.31. The van der Waals surface area contributed by atoms with E-state index in [1.807, 2.05) is 18.5 Å². The summed E-state index contributed by atoms with van der Waals surface area (Å²) in [6.07, 6.45) is 0. The third-order valence-corrected chi connectivity index (χ3v) is 3.07. The highest BCUT2D eigenvalue weighted by molar-refractivity contribution is 5.39. The van der Waals surface area contributed by atoms with Crippen molar-refractivity contribution in [3.63, 3.8) is 0 Å². The lowest BCUT2D eigenvalue weighted by molar-refractivity contribution is 0.589. The van der Waals surface area contributed by atoms with Gasteiger partial charge in [0.05, 0.1) is 17.9 Å². The molecule has 0 aliphatic rings. The molecular formula is C12H20N6. The summed E-state index contributed by atoms with van der Waals surface area (Å²) in [4.78, 5) is 2.21. The van der Waals surface area contributed by atoms with E-state index in [0.29, 0.717) is 0 Å². The summed E-state index contributed by atoms with van der Waals surface area (Å²) in [7, 11) is 0. The summed E-state index contributed by atoms with van der Waals surface area (Å²) >= 11 is 0. The first-order valence-corrected chi connectivity index (χ1v) is 6.31. The lowest BCUT2D eigenvalue weighted by Gasteiger charge is -2.20. The monoisotopic (exact) mass is 248 g/mol. The number of nitrogens with zero attached hydrogens (tertiary/aromatic N) is 5. The molecule has 18 heavy (non-hydrogen) atoms. The second kappa shape index (κ2) is 5.20. The lowest BCUT2D eigenvalue weighted by Crippen LogP contribution is -2.24. The topological polar surface area (TPSA) is 62.6 Å². The second-order valence-corrected chi connectivity index (χ2v) is 4.36. The fraction of sp³-hybridized carbons (Fsp3) is 0.583. The van der Waals surface area contributed by atoms with Crippen LogP contribution in [0.15, 0.2) is 6.07 Å². The van der Waals surface area contributed by atoms with E-state index < -0.39 is 0 Å². The van der Waals surface area contributed by atoms with Crippen molar-refractivity contribution in [2.45, 2.75) is 40.8 Å². The molecule has 0 spiro atoms. The molecule has 0 saturated carbocycles. The molecule has 2 rings (SSSR count). The smallest absolute Gasteiger partial charge is 0.150 e. The van der Waals surface area contributed by atoms with Crippen LogP contribution in [0.25, 0.3) is 0 Å². The van der Waals surface area contributed by atoms with Crippen molar-refractivity contribution < 1.29 is 0 Å². The number of nitrogens with one attached hydrogen (secondary N) is 1. The van der Waals surface area contributed by atoms with Crippen molar-refractivity contribution in [2.24, 2.45) is 0 Å². The van der Waals surface area contributed by atoms with Gasteiger partial charge in [-0.25, -0.2) is 4.68 Å². The Kier molecular flexibility index (Phi) is 3.64. The number of aromatic nitrogens is 5. The molecule has 0 fully saturated rings. The van der Waals surface area contributed by atoms with Gasteiger partial charge in [0.2, 0.25) is 0 Å². The molecule has 0 radical (unpaired) electrons. The van der Waals surface area contributed by atoms with Gasteiger partial charge in [0, 0.05) is 24.8 Å². The normalized spacial score (nSPS) is 10.9. The molecule has 0 amide bonds. The number of rotatable bonds is 5. The SMILES string of the molecule is CCN(Cc1c(C)nnn1CC)c1cc(C)[nH]n1. The Balaban J connectivity index is 2.22. The second-order valence-electron chi connectivity index (χ2n) is 4.36. The van der Waals surface area contributed by atoms with Gasteiger partial charge in [0.1, 0.15) is 0 Å². The van der Waals surface area contributed by atoms with E-state index in [0.717, 1.165) is 42.5 Å². The highest BCUT2D eigenvalue weighted by Gasteiger charge is 2.14. The number of H-pyrrole nitrogens is 1. The number of aromatic amines is 1. The fourth-order valence-electron chi connectivity index (χ4n) is 1.97. The lowest BCUT2D eigenvalue weighted by atomic mass is 10.3. The molecule has 6 nitrogen and oxygen atoms in total. The van der Waals surface area contributed by atoms with E-state index in [9.17, 15) is 0 Å². The predicted octanol–water partition coefficient (Wildman–Crippen LogP) is 1.66. The molecule has 0 bridgehead atoms. The van der Waals surface area contributed by atoms with Crippen molar-refractivity contribution in [1.29, 1.82) is 0 Å². The molecule has 0 aromatic carbocycles. The first-order chi connectivity index (χ1) is 8.65. The van der Waals surface area contributed by atoms with Gasteiger partial charge < -0.3 is 4.90 Å². The van der Waals surface area contributed by atoms with Crippen LogP contribution in [0.1, 0.15) is 30.9 Å². The maximum absolute atomic E-state index is 4.30. The van der Waals surface area contributed by atoms with Crippen LogP contribution >= 0.6 is 0 Å². The molecule has 2 heterocycles. The van der Waals surface area contributed by atoms with Gasteiger partial charge in [-0.1, -0.05) is 5.21 Å². The van der Waals surface area contributed by atoms with E-state index in [2.05, 4.69) is 45.3 Å². The van der Waals surface area contributed by atoms with E-state index in [4.69, 9.17) is 0 Å². The number of anilines is 1. The summed E-state index contributed by atoms with van der Waals surface area (Å²) in [5.74, 6) is 0.971. The Morgan fingerprint density at radius 2 is 2.11 bits per heavy atom. The zero-order chi connectivity index (χ0) is 13.1. The molecule has 0 aliphatic carbocycles. The van der Waals surface area contributed by atoms with Crippen LogP contribution in [0.3, 0.4) is 0 Å². The predicted molar refractivity (Wildman–Crippen MR) is 70.5 cm³/mol. The van der Waals surface area contributed by atoms with Crippen LogP contribution in [0.5, 0.6) is 0 Å². The summed E-state index contributed by atoms with van der Waals surface area (Å²) in [6.45, 7) is 10.7. The molecule has 0 unspecified atom stereocenters. The highest BCUT2D eigenvalue weighted by atomic mass is 15.4. The quantitative estimate of drug-likeness (QED) is 0.874. The van der Waals surface area contributed by atoms with Crippen LogP contribution in [0.2, 0.25) is 0 Å². The Morgan fingerprint density at radius 1 is 1.33 bits per heavy atom. The molecule has 0 atom stereocenters. The van der Waals surface area contributed by atoms with Crippen LogP contribution in [0, 0.1) is 13.8 Å². The third-order valence-electron chi connectivity index (χ3n) is 3.07. The zero-order valence-corrected chi connectivity index (χ0v) is 11.4. The van der Waals surface area contributed by atoms with Gasteiger partial charge in [0.25, 0.3) is 0 Å². The van der Waals surface area contributed by atoms with Crippen molar-refractivity contribution in [1.82, 2.24) is 25.2 Å². The van der Waals surface area contributed by atoms with Gasteiger partial charge in [-0.2, -0.15) is 5.10 Å². The van der Waals surface area contributed by atoms with Gasteiger partial charge in [-0.15, -0.1) is 5.10 Å². The summed E-state index contributed by atoms with van der Waals surface area (Å²) in [5.41, 5.74) is 3.21. The van der Waals surface area contributed by atoms with E-state index in [-0.39, 0.29) is 0 Å². The minimum Gasteiger partial charge on any atom is -0.349 e. The summed E-state index contributed by atoms with van der Waals surface area (Å²) < 4.78 is 1.94. The van der Waals surface area contributed by atoms with Crippen LogP contribution in [-0.4, -0.2) is 31.7 Å². The Hall–Kier alpha value is -1.85. The minimum absolute atomic E-state index is 0.785. The standard InChI is InChI=1S/C12H20N6/c1-5-17(12-7-9(3)13-15-12)8-11-10(4)14-16-18(11)6-2/h7H,5-6,8H2,1-4H3,(H,13,15). The molecule has 2 aromatic heterocycles. The Bertz CT molecular complexity index is 512. The summed E-state index contributed by atoms with van der Waals surface area (Å²) in [5, 5.41) is 15.5. The van der Waals surface area contributed by atoms with Gasteiger partial charge >= 0.3 is 0 Å². The maximum Gasteiger partial charge on any atom is 0.150 e. The van der Waals surface area contributed by atoms with Gasteiger partial charge in [0.15, 0.2) is 5.82 Å². The fourth-order valence-corrected chi connectivity index (χ4v) is 1.97. The average molecular weight is 248 g/mol. The highest BCUT2D eigenvalue weighted by Crippen LogP contribution is 2.16. The van der Waals surface area contributed by atoms with Crippen molar-refractivity contribution in [3.8, 4) is 0 Å². The number of aryl methyl sites for hydroxylation is 3. The van der Waals surface area contributed by atoms with E-state index in [1.165, 1.54) is 0 Å². The van der Waals surface area contributed by atoms with Gasteiger partial charge in [-0.05, 0) is 27.7 Å². The van der Waals surface area contributed by atoms with Crippen LogP contribution in [0.4, 0.5) is 5.82 Å².